The molecule has 0 saturated heterocycles. The molecule has 0 saturated carbocycles. The van der Waals surface area contributed by atoms with Gasteiger partial charge in [-0.25, -0.2) is 8.78 Å². The molecule has 1 aromatic carbocycles. The summed E-state index contributed by atoms with van der Waals surface area (Å²) in [5.41, 5.74) is 5.69. The van der Waals surface area contributed by atoms with Crippen LogP contribution >= 0.6 is 0 Å². The van der Waals surface area contributed by atoms with Crippen molar-refractivity contribution in [3.8, 4) is 0 Å². The first-order valence-electron chi connectivity index (χ1n) is 6.65. The van der Waals surface area contributed by atoms with Gasteiger partial charge in [-0.2, -0.15) is 0 Å². The van der Waals surface area contributed by atoms with Crippen LogP contribution in [0.5, 0.6) is 0 Å². The number of hydrogen-bond acceptors (Lipinski definition) is 3. The number of benzene rings is 1. The van der Waals surface area contributed by atoms with E-state index < -0.39 is 17.2 Å². The Morgan fingerprint density at radius 2 is 2.05 bits per heavy atom. The average Bonchev–Trinajstić information content (AvgIpc) is 2.42. The van der Waals surface area contributed by atoms with Crippen LogP contribution in [0.1, 0.15) is 19.4 Å². The molecule has 0 aromatic heterocycles. The van der Waals surface area contributed by atoms with Gasteiger partial charge in [0.1, 0.15) is 0 Å². The smallest absolute Gasteiger partial charge is 0.188 e. The highest BCUT2D eigenvalue weighted by atomic mass is 19.2. The molecule has 0 aliphatic carbocycles. The second-order valence-corrected chi connectivity index (χ2v) is 5.34. The normalized spacial score (nSPS) is 12.2. The fraction of sp³-hybridized carbons (Fsp3) is 0.400. The first kappa shape index (κ1) is 17.9. The van der Waals surface area contributed by atoms with Crippen molar-refractivity contribution in [3.05, 3.63) is 41.6 Å². The van der Waals surface area contributed by atoms with Gasteiger partial charge in [0.2, 0.25) is 0 Å². The van der Waals surface area contributed by atoms with Gasteiger partial charge in [0, 0.05) is 37.2 Å². The van der Waals surface area contributed by atoms with E-state index in [-0.39, 0.29) is 18.1 Å². The summed E-state index contributed by atoms with van der Waals surface area (Å²) in [4.78, 5) is 3.77. The lowest BCUT2D eigenvalue weighted by atomic mass is 9.93. The molecule has 0 amide bonds. The van der Waals surface area contributed by atoms with Crippen LogP contribution in [0, 0.1) is 11.6 Å². The summed E-state index contributed by atoms with van der Waals surface area (Å²) in [6.45, 7) is 7.35. The molecule has 122 valence electrons. The molecular weight excluding hydrogens is 290 g/mol. The zero-order valence-corrected chi connectivity index (χ0v) is 13.3. The molecule has 7 heteroatoms. The van der Waals surface area contributed by atoms with E-state index in [1.54, 1.807) is 13.8 Å². The molecule has 0 spiro atoms. The lowest BCUT2D eigenvalue weighted by molar-refractivity contribution is 0.227. The van der Waals surface area contributed by atoms with Crippen LogP contribution < -0.4 is 16.4 Å². The fourth-order valence-corrected chi connectivity index (χ4v) is 1.97. The molecule has 0 aliphatic heterocycles. The third kappa shape index (κ3) is 4.42. The van der Waals surface area contributed by atoms with Gasteiger partial charge in [-0.3, -0.25) is 4.99 Å². The largest absolute Gasteiger partial charge is 0.379 e. The Morgan fingerprint density at radius 1 is 1.41 bits per heavy atom. The molecule has 0 heterocycles. The van der Waals surface area contributed by atoms with Crippen LogP contribution in [0.25, 0.3) is 0 Å². The lowest BCUT2D eigenvalue weighted by Crippen LogP contribution is -2.45. The standard InChI is InChI=1S/C15H22F2N4O/c1-9(8-22-5)20-10-6-11(13(17)12(16)7-10)15(2,3)21-14(18)19-4/h6-7,20H,1,8H2,2-5H3,(H3,18,19,21). The molecule has 0 fully saturated rings. The van der Waals surface area contributed by atoms with Crippen LogP contribution in [0.4, 0.5) is 14.5 Å². The topological polar surface area (TPSA) is 71.7 Å². The predicted octanol–water partition coefficient (Wildman–Crippen LogP) is 2.31. The number of nitrogens with zero attached hydrogens (tertiary/aromatic N) is 1. The molecular formula is C15H22F2N4O. The number of nitrogens with two attached hydrogens (primary N) is 1. The van der Waals surface area contributed by atoms with Gasteiger partial charge < -0.3 is 21.1 Å². The minimum Gasteiger partial charge on any atom is -0.379 e. The van der Waals surface area contributed by atoms with E-state index >= 15 is 0 Å². The van der Waals surface area contributed by atoms with Gasteiger partial charge in [0.25, 0.3) is 0 Å². The number of halogens is 2. The van der Waals surface area contributed by atoms with Gasteiger partial charge >= 0.3 is 0 Å². The highest BCUT2D eigenvalue weighted by Gasteiger charge is 2.27. The van der Waals surface area contributed by atoms with E-state index in [9.17, 15) is 8.78 Å². The number of anilines is 1. The first-order chi connectivity index (χ1) is 10.2. The Hall–Kier alpha value is -2.15. The zero-order valence-electron chi connectivity index (χ0n) is 13.3. The Kier molecular flexibility index (Phi) is 5.87. The molecule has 4 N–H and O–H groups in total. The molecule has 0 aliphatic rings. The summed E-state index contributed by atoms with van der Waals surface area (Å²) >= 11 is 0. The maximum absolute atomic E-state index is 14.1. The van der Waals surface area contributed by atoms with Crippen molar-refractivity contribution in [2.75, 3.05) is 26.1 Å². The molecule has 1 rings (SSSR count). The first-order valence-corrected chi connectivity index (χ1v) is 6.65. The molecule has 0 unspecified atom stereocenters. The summed E-state index contributed by atoms with van der Waals surface area (Å²) in [7, 11) is 3.02. The number of hydrogen-bond donors (Lipinski definition) is 3. The Labute approximate surface area is 129 Å². The SMILES string of the molecule is C=C(COC)Nc1cc(F)c(F)c(C(C)(C)NC(N)=NC)c1. The predicted molar refractivity (Wildman–Crippen MR) is 84.7 cm³/mol. The Morgan fingerprint density at radius 3 is 2.59 bits per heavy atom. The highest BCUT2D eigenvalue weighted by Crippen LogP contribution is 2.28. The summed E-state index contributed by atoms with van der Waals surface area (Å²) in [6, 6.07) is 2.56. The Bertz CT molecular complexity index is 585. The summed E-state index contributed by atoms with van der Waals surface area (Å²) in [6.07, 6.45) is 0. The fourth-order valence-electron chi connectivity index (χ4n) is 1.97. The number of methoxy groups -OCH3 is 1. The van der Waals surface area contributed by atoms with Crippen LogP contribution in [-0.4, -0.2) is 26.7 Å². The highest BCUT2D eigenvalue weighted by molar-refractivity contribution is 5.78. The minimum absolute atomic E-state index is 0.117. The van der Waals surface area contributed by atoms with Gasteiger partial charge in [0.15, 0.2) is 17.6 Å². The number of ether oxygens (including phenoxy) is 1. The van der Waals surface area contributed by atoms with E-state index in [2.05, 4.69) is 22.2 Å². The second kappa shape index (κ2) is 7.22. The average molecular weight is 312 g/mol. The van der Waals surface area contributed by atoms with Crippen molar-refractivity contribution >= 4 is 11.6 Å². The van der Waals surface area contributed by atoms with Gasteiger partial charge in [-0.15, -0.1) is 0 Å². The maximum Gasteiger partial charge on any atom is 0.188 e. The van der Waals surface area contributed by atoms with Gasteiger partial charge in [-0.05, 0) is 19.9 Å². The maximum atomic E-state index is 14.1. The molecule has 5 nitrogen and oxygen atoms in total. The molecule has 0 radical (unpaired) electrons. The summed E-state index contributed by atoms with van der Waals surface area (Å²) in [5.74, 6) is -1.77. The van der Waals surface area contributed by atoms with Gasteiger partial charge in [0.05, 0.1) is 12.1 Å². The van der Waals surface area contributed by atoms with Gasteiger partial charge in [-0.1, -0.05) is 6.58 Å². The Balaban J connectivity index is 3.18. The molecule has 0 atom stereocenters. The van der Waals surface area contributed by atoms with E-state index in [4.69, 9.17) is 10.5 Å². The minimum atomic E-state index is -0.966. The van der Waals surface area contributed by atoms with Crippen LogP contribution in [0.3, 0.4) is 0 Å². The van der Waals surface area contributed by atoms with E-state index in [0.717, 1.165) is 6.07 Å². The number of aliphatic imine (C=N–C) groups is 1. The zero-order chi connectivity index (χ0) is 16.9. The number of rotatable bonds is 6. The molecule has 1 aromatic rings. The quantitative estimate of drug-likeness (QED) is 0.557. The van der Waals surface area contributed by atoms with Crippen molar-refractivity contribution < 1.29 is 13.5 Å². The van der Waals surface area contributed by atoms with Crippen molar-refractivity contribution in [3.63, 3.8) is 0 Å². The van der Waals surface area contributed by atoms with Crippen LogP contribution in [-0.2, 0) is 10.3 Å². The van der Waals surface area contributed by atoms with Crippen LogP contribution in [0.2, 0.25) is 0 Å². The summed E-state index contributed by atoms with van der Waals surface area (Å²) in [5, 5.41) is 5.72. The van der Waals surface area contributed by atoms with Crippen molar-refractivity contribution in [1.82, 2.24) is 5.32 Å². The van der Waals surface area contributed by atoms with E-state index in [0.29, 0.717) is 11.4 Å². The third-order valence-corrected chi connectivity index (χ3v) is 3.02. The third-order valence-electron chi connectivity index (χ3n) is 3.02. The number of nitrogens with one attached hydrogen (secondary N) is 2. The van der Waals surface area contributed by atoms with Crippen LogP contribution in [0.15, 0.2) is 29.4 Å². The monoisotopic (exact) mass is 312 g/mol. The molecule has 0 bridgehead atoms. The number of guanidine groups is 1. The van der Waals surface area contributed by atoms with Crippen molar-refractivity contribution in [2.24, 2.45) is 10.7 Å². The molecule has 22 heavy (non-hydrogen) atoms. The van der Waals surface area contributed by atoms with E-state index in [1.165, 1.54) is 20.2 Å². The van der Waals surface area contributed by atoms with E-state index in [1.807, 2.05) is 0 Å². The summed E-state index contributed by atoms with van der Waals surface area (Å²) < 4.78 is 32.9. The van der Waals surface area contributed by atoms with Crippen molar-refractivity contribution in [1.29, 1.82) is 0 Å². The lowest BCUT2D eigenvalue weighted by Gasteiger charge is -2.28. The second-order valence-electron chi connectivity index (χ2n) is 5.34. The van der Waals surface area contributed by atoms with Crippen molar-refractivity contribution in [2.45, 2.75) is 19.4 Å².